The summed E-state index contributed by atoms with van der Waals surface area (Å²) in [6.45, 7) is 3.02. The van der Waals surface area contributed by atoms with Gasteiger partial charge in [0.15, 0.2) is 0 Å². The summed E-state index contributed by atoms with van der Waals surface area (Å²) < 4.78 is 15.9. The van der Waals surface area contributed by atoms with E-state index in [1.807, 2.05) is 18.6 Å². The van der Waals surface area contributed by atoms with E-state index < -0.39 is 0 Å². The van der Waals surface area contributed by atoms with Crippen LogP contribution in [0.4, 0.5) is 4.39 Å². The molecular formula is C15H19FN4. The first kappa shape index (κ1) is 13.3. The summed E-state index contributed by atoms with van der Waals surface area (Å²) >= 11 is 0. The Morgan fingerprint density at radius 1 is 1.35 bits per heavy atom. The highest BCUT2D eigenvalue weighted by atomic mass is 19.1. The lowest BCUT2D eigenvalue weighted by molar-refractivity contribution is 0.212. The molecule has 1 unspecified atom stereocenters. The average Bonchev–Trinajstić information content (AvgIpc) is 3.07. The van der Waals surface area contributed by atoms with E-state index in [4.69, 9.17) is 5.73 Å². The second kappa shape index (κ2) is 5.73. The molecule has 0 saturated heterocycles. The van der Waals surface area contributed by atoms with Crippen LogP contribution in [0.3, 0.4) is 0 Å². The molecule has 0 bridgehead atoms. The highest BCUT2D eigenvalue weighted by molar-refractivity contribution is 5.35. The van der Waals surface area contributed by atoms with Crippen molar-refractivity contribution < 1.29 is 4.39 Å². The molecule has 2 N–H and O–H groups in total. The largest absolute Gasteiger partial charge is 0.337 e. The number of rotatable bonds is 5. The molecular weight excluding hydrogens is 255 g/mol. The van der Waals surface area contributed by atoms with Gasteiger partial charge in [0.05, 0.1) is 6.33 Å². The Morgan fingerprint density at radius 2 is 2.25 bits per heavy atom. The molecule has 1 aromatic heterocycles. The fourth-order valence-electron chi connectivity index (χ4n) is 2.95. The molecule has 2 heterocycles. The molecule has 1 atom stereocenters. The molecule has 5 heteroatoms. The zero-order chi connectivity index (χ0) is 13.9. The van der Waals surface area contributed by atoms with Crippen LogP contribution in [0.2, 0.25) is 0 Å². The van der Waals surface area contributed by atoms with E-state index in [0.29, 0.717) is 13.1 Å². The first-order valence-corrected chi connectivity index (χ1v) is 6.96. The molecule has 3 rings (SSSR count). The Morgan fingerprint density at radius 3 is 3.00 bits per heavy atom. The zero-order valence-electron chi connectivity index (χ0n) is 11.4. The van der Waals surface area contributed by atoms with E-state index in [1.165, 1.54) is 6.07 Å². The van der Waals surface area contributed by atoms with Crippen LogP contribution in [-0.2, 0) is 13.1 Å². The van der Waals surface area contributed by atoms with Crippen LogP contribution < -0.4 is 5.73 Å². The molecule has 4 nitrogen and oxygen atoms in total. The van der Waals surface area contributed by atoms with E-state index in [-0.39, 0.29) is 11.9 Å². The van der Waals surface area contributed by atoms with Crippen LogP contribution >= 0.6 is 0 Å². The average molecular weight is 274 g/mol. The summed E-state index contributed by atoms with van der Waals surface area (Å²) in [7, 11) is 0. The third-order valence-electron chi connectivity index (χ3n) is 3.96. The number of nitrogens with zero attached hydrogens (tertiary/aromatic N) is 3. The van der Waals surface area contributed by atoms with Crippen molar-refractivity contribution >= 4 is 0 Å². The van der Waals surface area contributed by atoms with Gasteiger partial charge >= 0.3 is 0 Å². The minimum Gasteiger partial charge on any atom is -0.337 e. The van der Waals surface area contributed by atoms with E-state index in [0.717, 1.165) is 30.6 Å². The smallest absolute Gasteiger partial charge is 0.128 e. The molecule has 0 amide bonds. The van der Waals surface area contributed by atoms with Crippen molar-refractivity contribution in [2.45, 2.75) is 25.6 Å². The molecule has 20 heavy (non-hydrogen) atoms. The lowest BCUT2D eigenvalue weighted by Crippen LogP contribution is -2.29. The first-order chi connectivity index (χ1) is 9.79. The number of fused-ring (bicyclic) bond motifs is 1. The molecule has 0 radical (unpaired) electrons. The molecule has 2 aromatic rings. The second-order valence-electron chi connectivity index (χ2n) is 5.18. The summed E-state index contributed by atoms with van der Waals surface area (Å²) in [4.78, 5) is 6.30. The van der Waals surface area contributed by atoms with Crippen LogP contribution in [0.25, 0.3) is 0 Å². The Kier molecular flexibility index (Phi) is 3.80. The Hall–Kier alpha value is -1.72. The highest BCUT2D eigenvalue weighted by Crippen LogP contribution is 2.34. The van der Waals surface area contributed by atoms with Crippen molar-refractivity contribution in [1.82, 2.24) is 14.5 Å². The van der Waals surface area contributed by atoms with E-state index >= 15 is 0 Å². The molecule has 0 spiro atoms. The van der Waals surface area contributed by atoms with Crippen molar-refractivity contribution in [3.63, 3.8) is 0 Å². The van der Waals surface area contributed by atoms with E-state index in [9.17, 15) is 4.39 Å². The van der Waals surface area contributed by atoms with Crippen LogP contribution in [0, 0.1) is 5.82 Å². The molecule has 1 aliphatic rings. The Bertz CT molecular complexity index is 567. The number of benzene rings is 1. The molecule has 1 aliphatic heterocycles. The van der Waals surface area contributed by atoms with Gasteiger partial charge in [-0.1, -0.05) is 12.1 Å². The highest BCUT2D eigenvalue weighted by Gasteiger charge is 2.30. The maximum absolute atomic E-state index is 13.8. The number of nitrogens with two attached hydrogens (primary N) is 1. The SMILES string of the molecule is NCC1c2cccc(F)c2CN1CCCn1ccnc1. The Balaban J connectivity index is 1.65. The predicted octanol–water partition coefficient (Wildman–Crippen LogP) is 1.93. The van der Waals surface area contributed by atoms with Gasteiger partial charge < -0.3 is 10.3 Å². The van der Waals surface area contributed by atoms with Gasteiger partial charge in [0.2, 0.25) is 0 Å². The van der Waals surface area contributed by atoms with Gasteiger partial charge in [-0.25, -0.2) is 9.37 Å². The standard InChI is InChI=1S/C15H19FN4/c16-14-4-1-3-12-13(14)10-20(15(12)9-17)7-2-6-19-8-5-18-11-19/h1,3-5,8,11,15H,2,6-7,9-10,17H2. The zero-order valence-corrected chi connectivity index (χ0v) is 11.4. The number of hydrogen-bond acceptors (Lipinski definition) is 3. The van der Waals surface area contributed by atoms with E-state index in [2.05, 4.69) is 14.5 Å². The topological polar surface area (TPSA) is 47.1 Å². The molecule has 0 saturated carbocycles. The summed E-state index contributed by atoms with van der Waals surface area (Å²) in [5.74, 6) is -0.113. The van der Waals surface area contributed by atoms with Crippen molar-refractivity contribution in [3.05, 3.63) is 53.9 Å². The monoisotopic (exact) mass is 274 g/mol. The Labute approximate surface area is 118 Å². The summed E-state index contributed by atoms with van der Waals surface area (Å²) in [6, 6.07) is 5.43. The minimum atomic E-state index is -0.113. The van der Waals surface area contributed by atoms with Gasteiger partial charge in [-0.2, -0.15) is 0 Å². The van der Waals surface area contributed by atoms with Crippen LogP contribution in [0.15, 0.2) is 36.9 Å². The number of aromatic nitrogens is 2. The third kappa shape index (κ3) is 2.46. The summed E-state index contributed by atoms with van der Waals surface area (Å²) in [6.07, 6.45) is 6.56. The fourth-order valence-corrected chi connectivity index (χ4v) is 2.95. The predicted molar refractivity (Wildman–Crippen MR) is 75.4 cm³/mol. The summed E-state index contributed by atoms with van der Waals surface area (Å²) in [5, 5.41) is 0. The normalized spacial score (nSPS) is 18.4. The maximum Gasteiger partial charge on any atom is 0.128 e. The lowest BCUT2D eigenvalue weighted by Gasteiger charge is -2.23. The summed E-state index contributed by atoms with van der Waals surface area (Å²) in [5.41, 5.74) is 7.74. The first-order valence-electron chi connectivity index (χ1n) is 6.96. The maximum atomic E-state index is 13.8. The van der Waals surface area contributed by atoms with Crippen molar-refractivity contribution in [1.29, 1.82) is 0 Å². The quantitative estimate of drug-likeness (QED) is 0.906. The van der Waals surface area contributed by atoms with Crippen LogP contribution in [0.1, 0.15) is 23.6 Å². The minimum absolute atomic E-state index is 0.113. The van der Waals surface area contributed by atoms with Crippen LogP contribution in [0.5, 0.6) is 0 Å². The van der Waals surface area contributed by atoms with Crippen molar-refractivity contribution in [2.75, 3.05) is 13.1 Å². The number of aryl methyl sites for hydroxylation is 1. The van der Waals surface area contributed by atoms with Gasteiger partial charge in [-0.15, -0.1) is 0 Å². The van der Waals surface area contributed by atoms with Crippen molar-refractivity contribution in [3.8, 4) is 0 Å². The van der Waals surface area contributed by atoms with Crippen LogP contribution in [-0.4, -0.2) is 27.5 Å². The second-order valence-corrected chi connectivity index (χ2v) is 5.18. The number of hydrogen-bond donors (Lipinski definition) is 1. The van der Waals surface area contributed by atoms with Gasteiger partial charge in [0.25, 0.3) is 0 Å². The van der Waals surface area contributed by atoms with Crippen molar-refractivity contribution in [2.24, 2.45) is 5.73 Å². The number of imidazole rings is 1. The van der Waals surface area contributed by atoms with Gasteiger partial charge in [-0.3, -0.25) is 4.90 Å². The lowest BCUT2D eigenvalue weighted by atomic mass is 10.0. The third-order valence-corrected chi connectivity index (χ3v) is 3.96. The van der Waals surface area contributed by atoms with Gasteiger partial charge in [-0.05, 0) is 18.1 Å². The molecule has 0 fully saturated rings. The molecule has 0 aliphatic carbocycles. The fraction of sp³-hybridized carbons (Fsp3) is 0.400. The molecule has 1 aromatic carbocycles. The number of halogens is 1. The van der Waals surface area contributed by atoms with Gasteiger partial charge in [0.1, 0.15) is 5.82 Å². The molecule has 106 valence electrons. The van der Waals surface area contributed by atoms with E-state index in [1.54, 1.807) is 12.3 Å². The van der Waals surface area contributed by atoms with Gasteiger partial charge in [0, 0.05) is 50.2 Å².